The number of hydrogen-bond acceptors (Lipinski definition) is 3. The minimum Gasteiger partial charge on any atom is -0.370 e. The van der Waals surface area contributed by atoms with E-state index in [2.05, 4.69) is 10.2 Å². The molecule has 0 aliphatic carbocycles. The third kappa shape index (κ3) is 5.58. The number of nitrogens with zero attached hydrogens (tertiary/aromatic N) is 1. The molecular weight excluding hydrogens is 417 g/mol. The minimum absolute atomic E-state index is 0.0475. The van der Waals surface area contributed by atoms with Crippen LogP contribution in [0.1, 0.15) is 36.8 Å². The van der Waals surface area contributed by atoms with Crippen LogP contribution in [0.4, 0.5) is 13.2 Å². The van der Waals surface area contributed by atoms with E-state index in [4.69, 9.17) is 4.74 Å². The van der Waals surface area contributed by atoms with E-state index in [0.717, 1.165) is 50.9 Å². The highest BCUT2D eigenvalue weighted by Gasteiger charge is 2.42. The molecule has 4 nitrogen and oxygen atoms in total. The summed E-state index contributed by atoms with van der Waals surface area (Å²) < 4.78 is 46.4. The normalized spacial score (nSPS) is 20.8. The van der Waals surface area contributed by atoms with Gasteiger partial charge in [0.15, 0.2) is 11.6 Å². The molecular formula is C25H27F3N2O2. The van der Waals surface area contributed by atoms with Gasteiger partial charge in [0.2, 0.25) is 5.91 Å². The van der Waals surface area contributed by atoms with Gasteiger partial charge in [-0.2, -0.15) is 0 Å². The van der Waals surface area contributed by atoms with Crippen LogP contribution in [0.2, 0.25) is 0 Å². The fraction of sp³-hybridized carbons (Fsp3) is 0.400. The zero-order chi connectivity index (χ0) is 22.6. The summed E-state index contributed by atoms with van der Waals surface area (Å²) in [6, 6.07) is 10.4. The predicted octanol–water partition coefficient (Wildman–Crippen LogP) is 4.45. The Kier molecular flexibility index (Phi) is 6.96. The van der Waals surface area contributed by atoms with Crippen molar-refractivity contribution in [3.05, 3.63) is 77.1 Å². The molecule has 2 aliphatic rings. The van der Waals surface area contributed by atoms with E-state index < -0.39 is 11.6 Å². The summed E-state index contributed by atoms with van der Waals surface area (Å²) in [6.07, 6.45) is 6.31. The summed E-state index contributed by atoms with van der Waals surface area (Å²) in [5, 5.41) is 2.82. The van der Waals surface area contributed by atoms with Gasteiger partial charge in [-0.25, -0.2) is 13.2 Å². The number of hydrogen-bond donors (Lipinski definition) is 1. The van der Waals surface area contributed by atoms with Crippen molar-refractivity contribution in [2.75, 3.05) is 19.6 Å². The van der Waals surface area contributed by atoms with E-state index in [1.54, 1.807) is 6.07 Å². The van der Waals surface area contributed by atoms with Crippen molar-refractivity contribution in [2.45, 2.75) is 43.9 Å². The number of piperidine rings is 1. The molecule has 0 unspecified atom stereocenters. The van der Waals surface area contributed by atoms with E-state index in [0.29, 0.717) is 24.2 Å². The SMILES string of the molecule is O=C(/C=C/c1ccc(F)c(F)c1)NC[C@@H]1CCC2(CCN(Cc3ccccc3F)CC2)O1. The topological polar surface area (TPSA) is 41.6 Å². The second-order valence-electron chi connectivity index (χ2n) is 8.58. The molecule has 7 heteroatoms. The van der Waals surface area contributed by atoms with E-state index in [1.807, 2.05) is 12.1 Å². The first-order chi connectivity index (χ1) is 15.4. The molecule has 0 bridgehead atoms. The van der Waals surface area contributed by atoms with Crippen LogP contribution in [0.3, 0.4) is 0 Å². The molecule has 1 N–H and O–H groups in total. The summed E-state index contributed by atoms with van der Waals surface area (Å²) in [6.45, 7) is 2.71. The van der Waals surface area contributed by atoms with Crippen LogP contribution >= 0.6 is 0 Å². The maximum absolute atomic E-state index is 13.9. The van der Waals surface area contributed by atoms with Crippen molar-refractivity contribution >= 4 is 12.0 Å². The Balaban J connectivity index is 1.21. The Morgan fingerprint density at radius 3 is 2.59 bits per heavy atom. The first-order valence-electron chi connectivity index (χ1n) is 11.0. The molecule has 2 heterocycles. The molecule has 0 radical (unpaired) electrons. The Labute approximate surface area is 186 Å². The van der Waals surface area contributed by atoms with Crippen molar-refractivity contribution < 1.29 is 22.7 Å². The summed E-state index contributed by atoms with van der Waals surface area (Å²) in [4.78, 5) is 14.3. The molecule has 2 fully saturated rings. The van der Waals surface area contributed by atoms with Gasteiger partial charge in [0.05, 0.1) is 11.7 Å². The lowest BCUT2D eigenvalue weighted by molar-refractivity contribution is -0.118. The standard InChI is InChI=1S/C25H27F3N2O2/c26-21-4-2-1-3-19(21)17-30-13-11-25(12-14-30)10-9-20(32-25)16-29-24(31)8-6-18-5-7-22(27)23(28)15-18/h1-8,15,20H,9-14,16-17H2,(H,29,31)/b8-6+/t20-/m0/s1. The van der Waals surface area contributed by atoms with Gasteiger partial charge >= 0.3 is 0 Å². The number of rotatable bonds is 6. The lowest BCUT2D eigenvalue weighted by atomic mass is 9.88. The summed E-state index contributed by atoms with van der Waals surface area (Å²) >= 11 is 0. The third-order valence-corrected chi connectivity index (χ3v) is 6.33. The fourth-order valence-corrected chi connectivity index (χ4v) is 4.45. The number of carbonyl (C=O) groups excluding carboxylic acids is 1. The predicted molar refractivity (Wildman–Crippen MR) is 116 cm³/mol. The Hall–Kier alpha value is -2.64. The molecule has 2 saturated heterocycles. The summed E-state index contributed by atoms with van der Waals surface area (Å²) in [5.74, 6) is -2.34. The number of benzene rings is 2. The quantitative estimate of drug-likeness (QED) is 0.670. The minimum atomic E-state index is -0.947. The lowest BCUT2D eigenvalue weighted by Crippen LogP contribution is -2.44. The van der Waals surface area contributed by atoms with Crippen molar-refractivity contribution in [2.24, 2.45) is 0 Å². The maximum atomic E-state index is 13.9. The van der Waals surface area contributed by atoms with E-state index >= 15 is 0 Å². The molecule has 1 amide bonds. The number of ether oxygens (including phenoxy) is 1. The van der Waals surface area contributed by atoms with Gasteiger partial charge in [0, 0.05) is 37.8 Å². The molecule has 2 aromatic rings. The van der Waals surface area contributed by atoms with Crippen LogP contribution in [-0.4, -0.2) is 42.1 Å². The first kappa shape index (κ1) is 22.6. The zero-order valence-electron chi connectivity index (χ0n) is 17.8. The summed E-state index contributed by atoms with van der Waals surface area (Å²) in [7, 11) is 0. The van der Waals surface area contributed by atoms with Gasteiger partial charge in [-0.1, -0.05) is 24.3 Å². The molecule has 170 valence electrons. The van der Waals surface area contributed by atoms with E-state index in [9.17, 15) is 18.0 Å². The highest BCUT2D eigenvalue weighted by molar-refractivity contribution is 5.91. The Bertz CT molecular complexity index is 987. The molecule has 32 heavy (non-hydrogen) atoms. The molecule has 1 atom stereocenters. The highest BCUT2D eigenvalue weighted by Crippen LogP contribution is 2.39. The largest absolute Gasteiger partial charge is 0.370 e. The number of nitrogens with one attached hydrogen (secondary N) is 1. The van der Waals surface area contributed by atoms with Crippen molar-refractivity contribution in [1.29, 1.82) is 0 Å². The second kappa shape index (κ2) is 9.88. The van der Waals surface area contributed by atoms with Gasteiger partial charge in [-0.15, -0.1) is 0 Å². The van der Waals surface area contributed by atoms with Gasteiger partial charge in [0.25, 0.3) is 0 Å². The molecule has 2 aliphatic heterocycles. The van der Waals surface area contributed by atoms with Crippen LogP contribution in [0, 0.1) is 17.5 Å². The lowest BCUT2D eigenvalue weighted by Gasteiger charge is -2.39. The maximum Gasteiger partial charge on any atom is 0.244 e. The van der Waals surface area contributed by atoms with Crippen LogP contribution in [0.5, 0.6) is 0 Å². The Morgan fingerprint density at radius 2 is 1.84 bits per heavy atom. The molecule has 1 spiro atoms. The van der Waals surface area contributed by atoms with Crippen LogP contribution in [-0.2, 0) is 16.1 Å². The Morgan fingerprint density at radius 1 is 1.06 bits per heavy atom. The average Bonchev–Trinajstić information content (AvgIpc) is 3.19. The van der Waals surface area contributed by atoms with Crippen molar-refractivity contribution in [1.82, 2.24) is 10.2 Å². The monoisotopic (exact) mass is 444 g/mol. The smallest absolute Gasteiger partial charge is 0.244 e. The number of amides is 1. The number of carbonyl (C=O) groups is 1. The first-order valence-corrected chi connectivity index (χ1v) is 11.0. The molecule has 0 aromatic heterocycles. The molecule has 0 saturated carbocycles. The van der Waals surface area contributed by atoms with Gasteiger partial charge < -0.3 is 10.1 Å². The zero-order valence-corrected chi connectivity index (χ0v) is 17.8. The van der Waals surface area contributed by atoms with Crippen molar-refractivity contribution in [3.63, 3.8) is 0 Å². The number of halogens is 3. The van der Waals surface area contributed by atoms with Crippen LogP contribution < -0.4 is 5.32 Å². The highest BCUT2D eigenvalue weighted by atomic mass is 19.2. The van der Waals surface area contributed by atoms with E-state index in [-0.39, 0.29) is 23.4 Å². The third-order valence-electron chi connectivity index (χ3n) is 6.33. The summed E-state index contributed by atoms with van der Waals surface area (Å²) in [5.41, 5.74) is 0.966. The molecule has 2 aromatic carbocycles. The average molecular weight is 444 g/mol. The van der Waals surface area contributed by atoms with E-state index in [1.165, 1.54) is 24.3 Å². The van der Waals surface area contributed by atoms with Crippen LogP contribution in [0.25, 0.3) is 6.08 Å². The second-order valence-corrected chi connectivity index (χ2v) is 8.58. The van der Waals surface area contributed by atoms with Gasteiger partial charge in [-0.05, 0) is 55.5 Å². The fourth-order valence-electron chi connectivity index (χ4n) is 4.45. The van der Waals surface area contributed by atoms with Gasteiger partial charge in [-0.3, -0.25) is 9.69 Å². The van der Waals surface area contributed by atoms with Crippen molar-refractivity contribution in [3.8, 4) is 0 Å². The van der Waals surface area contributed by atoms with Gasteiger partial charge in [0.1, 0.15) is 5.82 Å². The van der Waals surface area contributed by atoms with Crippen LogP contribution in [0.15, 0.2) is 48.5 Å². The number of likely N-dealkylation sites (tertiary alicyclic amines) is 1. The molecule has 4 rings (SSSR count).